The molecule has 0 atom stereocenters. The molecule has 7 heavy (non-hydrogen) atoms. The summed E-state index contributed by atoms with van der Waals surface area (Å²) in [5.41, 5.74) is 0. The fourth-order valence-electron chi connectivity index (χ4n) is 0. The van der Waals surface area contributed by atoms with Crippen LogP contribution in [0.1, 0.15) is 20.3 Å². The van der Waals surface area contributed by atoms with Gasteiger partial charge in [0.1, 0.15) is 5.78 Å². The molecule has 0 aliphatic rings. The minimum atomic E-state index is 0. The van der Waals surface area contributed by atoms with Crippen molar-refractivity contribution in [1.82, 2.24) is 0 Å². The zero-order valence-corrected chi connectivity index (χ0v) is 9.15. The molecule has 0 aliphatic heterocycles. The molecule has 0 radical (unpaired) electrons. The minimum absolute atomic E-state index is 0. The van der Waals surface area contributed by atoms with Crippen molar-refractivity contribution >= 4 is 5.78 Å². The van der Waals surface area contributed by atoms with Crippen molar-refractivity contribution in [2.24, 2.45) is 0 Å². The predicted molar refractivity (Wildman–Crippen MR) is 21.0 cm³/mol. The van der Waals surface area contributed by atoms with Crippen molar-refractivity contribution in [3.63, 3.8) is 0 Å². The molecule has 0 aromatic carbocycles. The number of hydrogen-bond acceptors (Lipinski definition) is 1. The third-order valence-corrected chi connectivity index (χ3v) is 0.498. The Balaban J connectivity index is -0.0000000800. The SMILES string of the molecule is CCC(C)=O.[I-].[Na+]. The number of rotatable bonds is 1. The molecule has 0 rings (SSSR count). The molecule has 1 nitrogen and oxygen atoms in total. The summed E-state index contributed by atoms with van der Waals surface area (Å²) >= 11 is 0. The normalized spacial score (nSPS) is 5.43. The van der Waals surface area contributed by atoms with E-state index >= 15 is 0 Å². The average Bonchev–Trinajstić information content (AvgIpc) is 1.38. The number of halogens is 1. The van der Waals surface area contributed by atoms with Crippen LogP contribution in [0.3, 0.4) is 0 Å². The second-order valence-corrected chi connectivity index (χ2v) is 1.06. The van der Waals surface area contributed by atoms with Gasteiger partial charge in [-0.25, -0.2) is 0 Å². The first-order chi connectivity index (χ1) is 2.27. The average molecular weight is 222 g/mol. The Morgan fingerprint density at radius 3 is 1.71 bits per heavy atom. The van der Waals surface area contributed by atoms with Gasteiger partial charge in [0.2, 0.25) is 0 Å². The van der Waals surface area contributed by atoms with Gasteiger partial charge in [0.05, 0.1) is 0 Å². The molecule has 0 heterocycles. The smallest absolute Gasteiger partial charge is 1.00 e. The predicted octanol–water partition coefficient (Wildman–Crippen LogP) is -5.01. The second kappa shape index (κ2) is 10.4. The molecule has 0 amide bonds. The summed E-state index contributed by atoms with van der Waals surface area (Å²) < 4.78 is 0. The van der Waals surface area contributed by atoms with Crippen molar-refractivity contribution in [2.75, 3.05) is 0 Å². The molecule has 0 fully saturated rings. The first-order valence-electron chi connectivity index (χ1n) is 1.76. The molecule has 3 heteroatoms. The Hall–Kier alpha value is 1.40. The molecule has 0 bridgehead atoms. The summed E-state index contributed by atoms with van der Waals surface area (Å²) in [6, 6.07) is 0. The van der Waals surface area contributed by atoms with Crippen LogP contribution in [0.4, 0.5) is 0 Å². The van der Waals surface area contributed by atoms with Crippen LogP contribution in [0.25, 0.3) is 0 Å². The fourth-order valence-corrected chi connectivity index (χ4v) is 0. The molecule has 0 saturated heterocycles. The molecular weight excluding hydrogens is 214 g/mol. The van der Waals surface area contributed by atoms with Crippen LogP contribution < -0.4 is 53.5 Å². The zero-order chi connectivity index (χ0) is 4.28. The van der Waals surface area contributed by atoms with Crippen molar-refractivity contribution in [2.45, 2.75) is 20.3 Å². The van der Waals surface area contributed by atoms with Crippen molar-refractivity contribution < 1.29 is 58.3 Å². The molecule has 0 saturated carbocycles. The van der Waals surface area contributed by atoms with Crippen molar-refractivity contribution in [1.29, 1.82) is 0 Å². The second-order valence-electron chi connectivity index (χ2n) is 1.06. The monoisotopic (exact) mass is 222 g/mol. The maximum atomic E-state index is 9.81. The number of hydrogen-bond donors (Lipinski definition) is 0. The van der Waals surface area contributed by atoms with Crippen LogP contribution in [-0.4, -0.2) is 5.78 Å². The van der Waals surface area contributed by atoms with Crippen LogP contribution in [0.5, 0.6) is 0 Å². The number of carbonyl (C=O) groups excluding carboxylic acids is 1. The fraction of sp³-hybridized carbons (Fsp3) is 0.750. The molecule has 0 aromatic heterocycles. The number of carbonyl (C=O) groups is 1. The van der Waals surface area contributed by atoms with Gasteiger partial charge in [0.25, 0.3) is 0 Å². The van der Waals surface area contributed by atoms with Crippen LogP contribution in [0.15, 0.2) is 0 Å². The Labute approximate surface area is 83.6 Å². The van der Waals surface area contributed by atoms with E-state index in [1.807, 2.05) is 6.92 Å². The van der Waals surface area contributed by atoms with E-state index in [2.05, 4.69) is 0 Å². The quantitative estimate of drug-likeness (QED) is 0.321. The Morgan fingerprint density at radius 1 is 1.57 bits per heavy atom. The van der Waals surface area contributed by atoms with Crippen LogP contribution in [0, 0.1) is 0 Å². The summed E-state index contributed by atoms with van der Waals surface area (Å²) in [5, 5.41) is 0. The van der Waals surface area contributed by atoms with E-state index in [0.717, 1.165) is 0 Å². The van der Waals surface area contributed by atoms with Gasteiger partial charge in [-0.05, 0) is 6.92 Å². The molecule has 0 unspecified atom stereocenters. The number of Topliss-reactive ketones (excluding diaryl/α,β-unsaturated/α-hetero) is 1. The molecule has 0 spiro atoms. The van der Waals surface area contributed by atoms with Gasteiger partial charge >= 0.3 is 29.6 Å². The molecule has 0 N–H and O–H groups in total. The maximum Gasteiger partial charge on any atom is 1.00 e. The van der Waals surface area contributed by atoms with Gasteiger partial charge in [0, 0.05) is 6.42 Å². The molecule has 0 aromatic rings. The molecule has 0 aliphatic carbocycles. The van der Waals surface area contributed by atoms with E-state index in [0.29, 0.717) is 6.42 Å². The Kier molecular flexibility index (Phi) is 23.4. The third-order valence-electron chi connectivity index (χ3n) is 0.498. The first-order valence-corrected chi connectivity index (χ1v) is 1.76. The van der Waals surface area contributed by atoms with Gasteiger partial charge in [-0.15, -0.1) is 0 Å². The van der Waals surface area contributed by atoms with E-state index in [-0.39, 0.29) is 59.3 Å². The third kappa shape index (κ3) is 18.7. The van der Waals surface area contributed by atoms with Crippen LogP contribution in [0.2, 0.25) is 0 Å². The van der Waals surface area contributed by atoms with Gasteiger partial charge in [-0.1, -0.05) is 6.92 Å². The Bertz CT molecular complexity index is 47.0. The number of ketones is 1. The maximum absolute atomic E-state index is 9.81. The van der Waals surface area contributed by atoms with E-state index in [9.17, 15) is 4.79 Å². The van der Waals surface area contributed by atoms with Crippen molar-refractivity contribution in [3.8, 4) is 0 Å². The molecule has 38 valence electrons. The standard InChI is InChI=1S/C4H8O.HI.Na/c1-3-4(2)5;;/h3H2,1-2H3;1H;/q;;+1/p-1. The van der Waals surface area contributed by atoms with Gasteiger partial charge in [-0.2, -0.15) is 0 Å². The van der Waals surface area contributed by atoms with Crippen LogP contribution >= 0.6 is 0 Å². The van der Waals surface area contributed by atoms with E-state index in [1.54, 1.807) is 6.92 Å². The van der Waals surface area contributed by atoms with Gasteiger partial charge in [0.15, 0.2) is 0 Å². The summed E-state index contributed by atoms with van der Waals surface area (Å²) in [6.07, 6.45) is 0.667. The minimum Gasteiger partial charge on any atom is -1.00 e. The summed E-state index contributed by atoms with van der Waals surface area (Å²) in [6.45, 7) is 3.43. The summed E-state index contributed by atoms with van der Waals surface area (Å²) in [7, 11) is 0. The van der Waals surface area contributed by atoms with Gasteiger partial charge < -0.3 is 28.8 Å². The van der Waals surface area contributed by atoms with E-state index in [1.165, 1.54) is 0 Å². The van der Waals surface area contributed by atoms with E-state index in [4.69, 9.17) is 0 Å². The van der Waals surface area contributed by atoms with E-state index < -0.39 is 0 Å². The van der Waals surface area contributed by atoms with Gasteiger partial charge in [-0.3, -0.25) is 0 Å². The zero-order valence-electron chi connectivity index (χ0n) is 4.99. The largest absolute Gasteiger partial charge is 1.00 e. The summed E-state index contributed by atoms with van der Waals surface area (Å²) in [4.78, 5) is 9.81. The molecular formula is C4H8INaO. The summed E-state index contributed by atoms with van der Waals surface area (Å²) in [5.74, 6) is 0.255. The topological polar surface area (TPSA) is 17.1 Å². The first kappa shape index (κ1) is 15.8. The van der Waals surface area contributed by atoms with Crippen molar-refractivity contribution in [3.05, 3.63) is 0 Å². The Morgan fingerprint density at radius 2 is 1.71 bits per heavy atom. The van der Waals surface area contributed by atoms with Crippen LogP contribution in [-0.2, 0) is 4.79 Å².